The summed E-state index contributed by atoms with van der Waals surface area (Å²) in [5, 5.41) is 3.23. The second-order valence-electron chi connectivity index (χ2n) is 3.81. The number of rotatable bonds is 4. The average Bonchev–Trinajstić information content (AvgIpc) is 2.48. The van der Waals surface area contributed by atoms with E-state index in [4.69, 9.17) is 16.3 Å². The predicted molar refractivity (Wildman–Crippen MR) is 80.0 cm³/mol. The summed E-state index contributed by atoms with van der Waals surface area (Å²) >= 11 is 5.61. The molecular formula is C16H14ClNO. The van der Waals surface area contributed by atoms with Crippen LogP contribution in [0.15, 0.2) is 84.4 Å². The second-order valence-corrected chi connectivity index (χ2v) is 4.07. The van der Waals surface area contributed by atoms with Crippen molar-refractivity contribution >= 4 is 17.4 Å². The first-order valence-electron chi connectivity index (χ1n) is 5.80. The van der Waals surface area contributed by atoms with Crippen LogP contribution in [0.1, 0.15) is 5.56 Å². The van der Waals surface area contributed by atoms with Gasteiger partial charge in [-0.25, -0.2) is 0 Å². The van der Waals surface area contributed by atoms with Crippen molar-refractivity contribution in [3.63, 3.8) is 0 Å². The third kappa shape index (κ3) is 2.80. The minimum absolute atomic E-state index is 0.626. The Balaban J connectivity index is 2.44. The van der Waals surface area contributed by atoms with Crippen molar-refractivity contribution in [3.8, 4) is 0 Å². The summed E-state index contributed by atoms with van der Waals surface area (Å²) < 4.78 is 5.89. The third-order valence-electron chi connectivity index (χ3n) is 2.65. The fraction of sp³-hybridized carbons (Fsp3) is 0. The lowest BCUT2D eigenvalue weighted by atomic mass is 10.1. The molecule has 1 aliphatic heterocycles. The van der Waals surface area contributed by atoms with Crippen LogP contribution in [-0.4, -0.2) is 0 Å². The zero-order valence-corrected chi connectivity index (χ0v) is 11.2. The highest BCUT2D eigenvalue weighted by molar-refractivity contribution is 6.25. The number of nitrogens with one attached hydrogen (secondary N) is 1. The van der Waals surface area contributed by atoms with E-state index in [-0.39, 0.29) is 0 Å². The molecule has 96 valence electrons. The number of allylic oxidation sites excluding steroid dienone is 3. The molecule has 0 bridgehead atoms. The lowest BCUT2D eigenvalue weighted by Gasteiger charge is -2.23. The topological polar surface area (TPSA) is 21.3 Å². The predicted octanol–water partition coefficient (Wildman–Crippen LogP) is 4.31. The fourth-order valence-corrected chi connectivity index (χ4v) is 1.90. The van der Waals surface area contributed by atoms with Crippen LogP contribution in [0.3, 0.4) is 0 Å². The first-order chi connectivity index (χ1) is 9.30. The van der Waals surface area contributed by atoms with Crippen molar-refractivity contribution in [1.82, 2.24) is 5.32 Å². The van der Waals surface area contributed by atoms with Crippen molar-refractivity contribution in [3.05, 3.63) is 90.0 Å². The first kappa shape index (κ1) is 13.2. The zero-order chi connectivity index (χ0) is 13.7. The summed E-state index contributed by atoms with van der Waals surface area (Å²) in [5.41, 5.74) is 3.93. The molecular weight excluding hydrogens is 258 g/mol. The van der Waals surface area contributed by atoms with E-state index in [1.54, 1.807) is 18.2 Å². The van der Waals surface area contributed by atoms with Crippen molar-refractivity contribution in [1.29, 1.82) is 0 Å². The fourth-order valence-electron chi connectivity index (χ4n) is 1.77. The van der Waals surface area contributed by atoms with E-state index >= 15 is 0 Å². The van der Waals surface area contributed by atoms with Gasteiger partial charge in [0.2, 0.25) is 0 Å². The van der Waals surface area contributed by atoms with Gasteiger partial charge in [0.1, 0.15) is 5.76 Å². The summed E-state index contributed by atoms with van der Waals surface area (Å²) in [5.74, 6) is 1.35. The first-order valence-corrected chi connectivity index (χ1v) is 6.24. The van der Waals surface area contributed by atoms with Crippen molar-refractivity contribution in [2.24, 2.45) is 0 Å². The Labute approximate surface area is 118 Å². The number of halogens is 1. The van der Waals surface area contributed by atoms with E-state index in [9.17, 15) is 0 Å². The third-order valence-corrected chi connectivity index (χ3v) is 2.77. The van der Waals surface area contributed by atoms with Crippen LogP contribution in [0.4, 0.5) is 0 Å². The normalized spacial score (nSPS) is 15.2. The van der Waals surface area contributed by atoms with Gasteiger partial charge in [-0.3, -0.25) is 0 Å². The molecule has 0 spiro atoms. The maximum atomic E-state index is 5.89. The van der Waals surface area contributed by atoms with Gasteiger partial charge < -0.3 is 10.1 Å². The maximum Gasteiger partial charge on any atom is 0.158 e. The maximum absolute atomic E-state index is 5.89. The molecule has 1 heterocycles. The highest BCUT2D eigenvalue weighted by atomic mass is 35.5. The van der Waals surface area contributed by atoms with Gasteiger partial charge in [-0.05, 0) is 18.2 Å². The largest absolute Gasteiger partial charge is 0.452 e. The quantitative estimate of drug-likeness (QED) is 0.881. The van der Waals surface area contributed by atoms with Crippen LogP contribution in [0, 0.1) is 0 Å². The van der Waals surface area contributed by atoms with Crippen molar-refractivity contribution < 1.29 is 4.74 Å². The van der Waals surface area contributed by atoms with E-state index in [1.165, 1.54) is 5.54 Å². The summed E-state index contributed by atoms with van der Waals surface area (Å²) in [4.78, 5) is 0. The van der Waals surface area contributed by atoms with Gasteiger partial charge in [0.15, 0.2) is 5.76 Å². The summed E-state index contributed by atoms with van der Waals surface area (Å²) in [6.45, 7) is 7.55. The molecule has 0 atom stereocenters. The minimum Gasteiger partial charge on any atom is -0.452 e. The SMILES string of the molecule is C=CC1=C(c2ccccc2)OC(C=C)=C(/C=C/Cl)N1. The number of benzene rings is 1. The van der Waals surface area contributed by atoms with Gasteiger partial charge in [-0.1, -0.05) is 55.1 Å². The molecule has 0 unspecified atom stereocenters. The highest BCUT2D eigenvalue weighted by Crippen LogP contribution is 2.29. The molecule has 0 saturated heterocycles. The molecule has 2 nitrogen and oxygen atoms in total. The number of ether oxygens (including phenoxy) is 1. The Bertz CT molecular complexity index is 582. The van der Waals surface area contributed by atoms with Crippen LogP contribution in [0.5, 0.6) is 0 Å². The smallest absolute Gasteiger partial charge is 0.158 e. The molecule has 0 saturated carbocycles. The number of hydrogen-bond acceptors (Lipinski definition) is 2. The Hall–Kier alpha value is -2.19. The summed E-state index contributed by atoms with van der Waals surface area (Å²) in [6, 6.07) is 9.82. The van der Waals surface area contributed by atoms with Crippen molar-refractivity contribution in [2.45, 2.75) is 0 Å². The van der Waals surface area contributed by atoms with Gasteiger partial charge in [0.25, 0.3) is 0 Å². The Morgan fingerprint density at radius 3 is 2.37 bits per heavy atom. The molecule has 0 fully saturated rings. The molecule has 2 rings (SSSR count). The minimum atomic E-state index is 0.626. The van der Waals surface area contributed by atoms with Crippen LogP contribution in [0.2, 0.25) is 0 Å². The van der Waals surface area contributed by atoms with E-state index in [2.05, 4.69) is 18.5 Å². The van der Waals surface area contributed by atoms with Crippen LogP contribution in [0.25, 0.3) is 5.76 Å². The second kappa shape index (κ2) is 6.12. The summed E-state index contributed by atoms with van der Waals surface area (Å²) in [7, 11) is 0. The molecule has 1 aromatic carbocycles. The van der Waals surface area contributed by atoms with Crippen LogP contribution in [-0.2, 0) is 4.74 Å². The van der Waals surface area contributed by atoms with E-state index < -0.39 is 0 Å². The van der Waals surface area contributed by atoms with Crippen LogP contribution >= 0.6 is 11.6 Å². The monoisotopic (exact) mass is 271 g/mol. The van der Waals surface area contributed by atoms with Crippen LogP contribution < -0.4 is 5.32 Å². The van der Waals surface area contributed by atoms with E-state index in [1.807, 2.05) is 30.3 Å². The molecule has 3 heteroatoms. The van der Waals surface area contributed by atoms with Crippen molar-refractivity contribution in [2.75, 3.05) is 0 Å². The molecule has 0 radical (unpaired) electrons. The lowest BCUT2D eigenvalue weighted by molar-refractivity contribution is 0.379. The molecule has 1 aromatic rings. The van der Waals surface area contributed by atoms with Gasteiger partial charge in [-0.15, -0.1) is 0 Å². The molecule has 0 amide bonds. The molecule has 0 aromatic heterocycles. The standard InChI is InChI=1S/C16H14ClNO/c1-3-13-16(12-8-6-5-7-9-12)19-15(4-2)14(18-13)10-11-17/h3-11,18H,1-2H2/b11-10+. The highest BCUT2D eigenvalue weighted by Gasteiger charge is 2.18. The average molecular weight is 272 g/mol. The zero-order valence-electron chi connectivity index (χ0n) is 10.4. The Morgan fingerprint density at radius 2 is 1.79 bits per heavy atom. The molecule has 0 aliphatic carbocycles. The van der Waals surface area contributed by atoms with Gasteiger partial charge in [0, 0.05) is 11.1 Å². The Morgan fingerprint density at radius 1 is 1.05 bits per heavy atom. The molecule has 19 heavy (non-hydrogen) atoms. The van der Waals surface area contributed by atoms with Gasteiger partial charge in [-0.2, -0.15) is 0 Å². The number of hydrogen-bond donors (Lipinski definition) is 1. The van der Waals surface area contributed by atoms with Gasteiger partial charge >= 0.3 is 0 Å². The Kier molecular flexibility index (Phi) is 4.26. The van der Waals surface area contributed by atoms with Gasteiger partial charge in [0.05, 0.1) is 11.4 Å². The van der Waals surface area contributed by atoms with E-state index in [0.29, 0.717) is 5.76 Å². The van der Waals surface area contributed by atoms with E-state index in [0.717, 1.165) is 22.7 Å². The lowest BCUT2D eigenvalue weighted by Crippen LogP contribution is -2.20. The summed E-state index contributed by atoms with van der Waals surface area (Å²) in [6.07, 6.45) is 5.07. The molecule has 1 N–H and O–H groups in total. The molecule has 1 aliphatic rings.